The molecule has 0 bridgehead atoms. The molecule has 2 N–H and O–H groups in total. The molecule has 0 aromatic heterocycles. The molecule has 3 heteroatoms. The normalized spacial score (nSPS) is 18.5. The van der Waals surface area contributed by atoms with Gasteiger partial charge in [0.2, 0.25) is 0 Å². The number of nitrogens with zero attached hydrogens (tertiary/aromatic N) is 1. The molecule has 3 nitrogen and oxygen atoms in total. The van der Waals surface area contributed by atoms with Crippen LogP contribution in [-0.4, -0.2) is 37.1 Å². The second-order valence-electron chi connectivity index (χ2n) is 6.91. The molecule has 2 aromatic carbocycles. The van der Waals surface area contributed by atoms with Crippen LogP contribution in [0.1, 0.15) is 23.1 Å². The minimum Gasteiger partial charge on any atom is -0.385 e. The van der Waals surface area contributed by atoms with Crippen LogP contribution in [0, 0.1) is 13.8 Å². The molecule has 2 aromatic rings. The Labute approximate surface area is 146 Å². The fraction of sp³-hybridized carbons (Fsp3) is 0.429. The van der Waals surface area contributed by atoms with Crippen LogP contribution in [0.15, 0.2) is 48.5 Å². The van der Waals surface area contributed by atoms with Crippen molar-refractivity contribution >= 4 is 5.69 Å². The summed E-state index contributed by atoms with van der Waals surface area (Å²) in [5, 5.41) is 7.27. The van der Waals surface area contributed by atoms with Crippen LogP contribution in [0.2, 0.25) is 0 Å². The number of rotatable bonds is 6. The Morgan fingerprint density at radius 2 is 1.96 bits per heavy atom. The lowest BCUT2D eigenvalue weighted by molar-refractivity contribution is 0.189. The van der Waals surface area contributed by atoms with Crippen molar-refractivity contribution in [2.75, 3.05) is 31.5 Å². The van der Waals surface area contributed by atoms with Gasteiger partial charge in [-0.15, -0.1) is 0 Å². The maximum atomic E-state index is 3.67. The van der Waals surface area contributed by atoms with Gasteiger partial charge in [0.25, 0.3) is 0 Å². The van der Waals surface area contributed by atoms with E-state index in [-0.39, 0.29) is 0 Å². The highest BCUT2D eigenvalue weighted by atomic mass is 15.2. The van der Waals surface area contributed by atoms with Crippen molar-refractivity contribution in [3.05, 3.63) is 65.2 Å². The summed E-state index contributed by atoms with van der Waals surface area (Å²) in [7, 11) is 0. The zero-order valence-corrected chi connectivity index (χ0v) is 14.9. The Kier molecular flexibility index (Phi) is 5.89. The van der Waals surface area contributed by atoms with Gasteiger partial charge in [-0.05, 0) is 43.0 Å². The molecule has 0 amide bonds. The van der Waals surface area contributed by atoms with Gasteiger partial charge < -0.3 is 10.6 Å². The summed E-state index contributed by atoms with van der Waals surface area (Å²) < 4.78 is 0. The molecule has 1 unspecified atom stereocenters. The number of piperazine rings is 1. The summed E-state index contributed by atoms with van der Waals surface area (Å²) in [4.78, 5) is 2.56. The zero-order valence-electron chi connectivity index (χ0n) is 14.9. The standard InChI is InChI=1S/C21H29N3/c1-17-8-9-18(2)21(14-17)23-11-10-20-16-24(13-12-22-20)15-19-6-4-3-5-7-19/h3-9,14,20,22-23H,10-13,15-16H2,1-2H3. The summed E-state index contributed by atoms with van der Waals surface area (Å²) in [6.45, 7) is 9.74. The topological polar surface area (TPSA) is 27.3 Å². The first-order valence-corrected chi connectivity index (χ1v) is 9.01. The Morgan fingerprint density at radius 1 is 1.12 bits per heavy atom. The molecule has 1 atom stereocenters. The van der Waals surface area contributed by atoms with Crippen LogP contribution in [0.4, 0.5) is 5.69 Å². The van der Waals surface area contributed by atoms with E-state index < -0.39 is 0 Å². The highest BCUT2D eigenvalue weighted by Gasteiger charge is 2.18. The highest BCUT2D eigenvalue weighted by Crippen LogP contribution is 2.16. The molecule has 1 aliphatic heterocycles. The lowest BCUT2D eigenvalue weighted by atomic mass is 10.1. The van der Waals surface area contributed by atoms with Crippen LogP contribution in [-0.2, 0) is 6.54 Å². The van der Waals surface area contributed by atoms with Gasteiger partial charge in [0.1, 0.15) is 0 Å². The van der Waals surface area contributed by atoms with E-state index in [4.69, 9.17) is 0 Å². The third kappa shape index (κ3) is 4.83. The number of hydrogen-bond acceptors (Lipinski definition) is 3. The summed E-state index contributed by atoms with van der Waals surface area (Å²) in [6.07, 6.45) is 1.15. The smallest absolute Gasteiger partial charge is 0.0372 e. The molecule has 3 rings (SSSR count). The molecule has 1 saturated heterocycles. The number of benzene rings is 2. The van der Waals surface area contributed by atoms with Gasteiger partial charge in [0.15, 0.2) is 0 Å². The van der Waals surface area contributed by atoms with E-state index in [1.807, 2.05) is 0 Å². The van der Waals surface area contributed by atoms with Crippen molar-refractivity contribution in [2.45, 2.75) is 32.9 Å². The molecule has 1 fully saturated rings. The van der Waals surface area contributed by atoms with Crippen LogP contribution in [0.3, 0.4) is 0 Å². The van der Waals surface area contributed by atoms with E-state index in [9.17, 15) is 0 Å². The van der Waals surface area contributed by atoms with Gasteiger partial charge in [-0.25, -0.2) is 0 Å². The van der Waals surface area contributed by atoms with Gasteiger partial charge in [-0.3, -0.25) is 4.90 Å². The van der Waals surface area contributed by atoms with Gasteiger partial charge in [0, 0.05) is 44.5 Å². The van der Waals surface area contributed by atoms with E-state index in [0.717, 1.165) is 39.1 Å². The molecule has 128 valence electrons. The first-order chi connectivity index (χ1) is 11.7. The maximum absolute atomic E-state index is 3.67. The number of aryl methyl sites for hydroxylation is 2. The quantitative estimate of drug-likeness (QED) is 0.851. The second kappa shape index (κ2) is 8.32. The van der Waals surface area contributed by atoms with E-state index in [1.54, 1.807) is 0 Å². The van der Waals surface area contributed by atoms with Crippen LogP contribution in [0.25, 0.3) is 0 Å². The molecular formula is C21H29N3. The van der Waals surface area contributed by atoms with Crippen molar-refractivity contribution in [1.29, 1.82) is 0 Å². The largest absolute Gasteiger partial charge is 0.385 e. The fourth-order valence-electron chi connectivity index (χ4n) is 3.38. The first-order valence-electron chi connectivity index (χ1n) is 9.01. The van der Waals surface area contributed by atoms with E-state index >= 15 is 0 Å². The summed E-state index contributed by atoms with van der Waals surface area (Å²) >= 11 is 0. The molecule has 0 radical (unpaired) electrons. The number of anilines is 1. The monoisotopic (exact) mass is 323 g/mol. The molecule has 0 saturated carbocycles. The van der Waals surface area contributed by atoms with Crippen LogP contribution in [0.5, 0.6) is 0 Å². The highest BCUT2D eigenvalue weighted by molar-refractivity contribution is 5.52. The average Bonchev–Trinajstić information content (AvgIpc) is 2.59. The predicted octanol–water partition coefficient (Wildman–Crippen LogP) is 3.58. The Hall–Kier alpha value is -1.84. The molecule has 0 spiro atoms. The Balaban J connectivity index is 1.46. The second-order valence-corrected chi connectivity index (χ2v) is 6.91. The molecule has 1 aliphatic rings. The van der Waals surface area contributed by atoms with Crippen molar-refractivity contribution in [2.24, 2.45) is 0 Å². The molecule has 24 heavy (non-hydrogen) atoms. The van der Waals surface area contributed by atoms with Gasteiger partial charge in [0.05, 0.1) is 0 Å². The third-order valence-electron chi connectivity index (χ3n) is 4.79. The fourth-order valence-corrected chi connectivity index (χ4v) is 3.38. The average molecular weight is 323 g/mol. The lowest BCUT2D eigenvalue weighted by Gasteiger charge is -2.34. The summed E-state index contributed by atoms with van der Waals surface area (Å²) in [5.41, 5.74) is 5.31. The van der Waals surface area contributed by atoms with E-state index in [1.165, 1.54) is 22.4 Å². The minimum atomic E-state index is 0.570. The summed E-state index contributed by atoms with van der Waals surface area (Å²) in [6, 6.07) is 18.0. The maximum Gasteiger partial charge on any atom is 0.0372 e. The summed E-state index contributed by atoms with van der Waals surface area (Å²) in [5.74, 6) is 0. The third-order valence-corrected chi connectivity index (χ3v) is 4.79. The zero-order chi connectivity index (χ0) is 16.8. The lowest BCUT2D eigenvalue weighted by Crippen LogP contribution is -2.50. The van der Waals surface area contributed by atoms with E-state index in [0.29, 0.717) is 6.04 Å². The number of nitrogens with one attached hydrogen (secondary N) is 2. The SMILES string of the molecule is Cc1ccc(C)c(NCCC2CN(Cc3ccccc3)CCN2)c1. The van der Waals surface area contributed by atoms with Crippen molar-refractivity contribution in [1.82, 2.24) is 10.2 Å². The minimum absolute atomic E-state index is 0.570. The Bertz CT molecular complexity index is 639. The van der Waals surface area contributed by atoms with Gasteiger partial charge in [-0.1, -0.05) is 42.5 Å². The Morgan fingerprint density at radius 3 is 2.79 bits per heavy atom. The van der Waals surface area contributed by atoms with Crippen molar-refractivity contribution in [3.8, 4) is 0 Å². The van der Waals surface area contributed by atoms with Crippen LogP contribution >= 0.6 is 0 Å². The molecule has 1 heterocycles. The van der Waals surface area contributed by atoms with Gasteiger partial charge in [-0.2, -0.15) is 0 Å². The number of hydrogen-bond donors (Lipinski definition) is 2. The van der Waals surface area contributed by atoms with Gasteiger partial charge >= 0.3 is 0 Å². The molecular weight excluding hydrogens is 294 g/mol. The van der Waals surface area contributed by atoms with Crippen LogP contribution < -0.4 is 10.6 Å². The predicted molar refractivity (Wildman–Crippen MR) is 103 cm³/mol. The van der Waals surface area contributed by atoms with Crippen molar-refractivity contribution < 1.29 is 0 Å². The van der Waals surface area contributed by atoms with Crippen molar-refractivity contribution in [3.63, 3.8) is 0 Å². The van der Waals surface area contributed by atoms with E-state index in [2.05, 4.69) is 77.9 Å². The molecule has 0 aliphatic carbocycles. The first kappa shape index (κ1) is 17.0.